The standard InChI is InChI=1S/C20H24FN3O2S2/c1-14-6-5-7-15(2)24(14)28(25,26)17-12-10-16(11-13-17)22-20(27)23-19-9-4-3-8-18(19)21/h3-4,8-15H,5-7H2,1-2H3,(H2,22,23,27)/t14-,15-/m1/s1. The number of halogens is 1. The molecular formula is C20H24FN3O2S2. The van der Waals surface area contributed by atoms with Crippen LogP contribution >= 0.6 is 12.2 Å². The summed E-state index contributed by atoms with van der Waals surface area (Å²) in [5.41, 5.74) is 0.889. The molecule has 0 bridgehead atoms. The first-order valence-corrected chi connectivity index (χ1v) is 11.1. The lowest BCUT2D eigenvalue weighted by Gasteiger charge is -2.37. The summed E-state index contributed by atoms with van der Waals surface area (Å²) in [6.45, 7) is 3.91. The van der Waals surface area contributed by atoms with Gasteiger partial charge in [0.15, 0.2) is 5.11 Å². The zero-order valence-electron chi connectivity index (χ0n) is 15.9. The first-order chi connectivity index (χ1) is 13.3. The van der Waals surface area contributed by atoms with Gasteiger partial charge in [0.1, 0.15) is 5.82 Å². The van der Waals surface area contributed by atoms with E-state index < -0.39 is 15.8 Å². The molecular weight excluding hydrogens is 397 g/mol. The van der Waals surface area contributed by atoms with Gasteiger partial charge in [-0.3, -0.25) is 0 Å². The number of para-hydroxylation sites is 1. The zero-order chi connectivity index (χ0) is 20.3. The summed E-state index contributed by atoms with van der Waals surface area (Å²) in [6.07, 6.45) is 2.79. The summed E-state index contributed by atoms with van der Waals surface area (Å²) in [5, 5.41) is 5.95. The zero-order valence-corrected chi connectivity index (χ0v) is 17.5. The topological polar surface area (TPSA) is 61.4 Å². The van der Waals surface area contributed by atoms with Gasteiger partial charge in [-0.1, -0.05) is 18.6 Å². The maximum atomic E-state index is 13.7. The molecule has 0 aliphatic carbocycles. The summed E-state index contributed by atoms with van der Waals surface area (Å²) >= 11 is 5.20. The molecule has 0 radical (unpaired) electrons. The molecule has 0 unspecified atom stereocenters. The van der Waals surface area contributed by atoms with E-state index >= 15 is 0 Å². The van der Waals surface area contributed by atoms with Gasteiger partial charge < -0.3 is 10.6 Å². The molecule has 150 valence electrons. The van der Waals surface area contributed by atoms with Gasteiger partial charge in [-0.25, -0.2) is 12.8 Å². The lowest BCUT2D eigenvalue weighted by molar-refractivity contribution is 0.204. The van der Waals surface area contributed by atoms with Crippen molar-refractivity contribution in [2.45, 2.75) is 50.1 Å². The van der Waals surface area contributed by atoms with Gasteiger partial charge >= 0.3 is 0 Å². The van der Waals surface area contributed by atoms with Crippen molar-refractivity contribution in [1.82, 2.24) is 4.31 Å². The summed E-state index contributed by atoms with van der Waals surface area (Å²) in [5.74, 6) is -0.405. The Bertz CT molecular complexity index is 938. The fourth-order valence-corrected chi connectivity index (χ4v) is 5.66. The number of anilines is 2. The second-order valence-electron chi connectivity index (χ2n) is 7.05. The molecule has 1 aliphatic rings. The van der Waals surface area contributed by atoms with E-state index in [1.165, 1.54) is 6.07 Å². The van der Waals surface area contributed by atoms with Crippen molar-refractivity contribution in [2.75, 3.05) is 10.6 Å². The van der Waals surface area contributed by atoms with Crippen LogP contribution in [-0.4, -0.2) is 29.9 Å². The van der Waals surface area contributed by atoms with E-state index in [1.54, 1.807) is 46.8 Å². The SMILES string of the molecule is C[C@@H]1CCC[C@@H](C)N1S(=O)(=O)c1ccc(NC(=S)Nc2ccccc2F)cc1. The first kappa shape index (κ1) is 20.7. The Hall–Kier alpha value is -2.03. The molecule has 0 amide bonds. The molecule has 1 heterocycles. The third-order valence-electron chi connectivity index (χ3n) is 4.92. The van der Waals surface area contributed by atoms with Crippen LogP contribution in [0.3, 0.4) is 0 Å². The molecule has 0 aromatic heterocycles. The Kier molecular flexibility index (Phi) is 6.32. The molecule has 28 heavy (non-hydrogen) atoms. The smallest absolute Gasteiger partial charge is 0.243 e. The maximum absolute atomic E-state index is 13.7. The molecule has 0 spiro atoms. The molecule has 2 N–H and O–H groups in total. The van der Waals surface area contributed by atoms with Crippen molar-refractivity contribution < 1.29 is 12.8 Å². The lowest BCUT2D eigenvalue weighted by atomic mass is 10.0. The minimum atomic E-state index is -3.55. The second kappa shape index (κ2) is 8.55. The Morgan fingerprint density at radius 2 is 1.64 bits per heavy atom. The van der Waals surface area contributed by atoms with Crippen LogP contribution in [0.4, 0.5) is 15.8 Å². The van der Waals surface area contributed by atoms with Crippen LogP contribution in [0.15, 0.2) is 53.4 Å². The van der Waals surface area contributed by atoms with E-state index in [-0.39, 0.29) is 27.8 Å². The number of rotatable bonds is 4. The second-order valence-corrected chi connectivity index (χ2v) is 9.30. The Morgan fingerprint density at radius 3 is 2.25 bits per heavy atom. The van der Waals surface area contributed by atoms with Crippen molar-refractivity contribution in [3.63, 3.8) is 0 Å². The van der Waals surface area contributed by atoms with Gasteiger partial charge in [0.2, 0.25) is 10.0 Å². The van der Waals surface area contributed by atoms with Crippen LogP contribution in [0.5, 0.6) is 0 Å². The number of nitrogens with one attached hydrogen (secondary N) is 2. The molecule has 8 heteroatoms. The van der Waals surface area contributed by atoms with Crippen LogP contribution in [0, 0.1) is 5.82 Å². The number of hydrogen-bond donors (Lipinski definition) is 2. The highest BCUT2D eigenvalue weighted by Crippen LogP contribution is 2.30. The Morgan fingerprint density at radius 1 is 1.04 bits per heavy atom. The van der Waals surface area contributed by atoms with Crippen LogP contribution in [-0.2, 0) is 10.0 Å². The Balaban J connectivity index is 1.71. The van der Waals surface area contributed by atoms with E-state index in [4.69, 9.17) is 12.2 Å². The highest BCUT2D eigenvalue weighted by Gasteiger charge is 2.35. The molecule has 2 aromatic rings. The summed E-state index contributed by atoms with van der Waals surface area (Å²) in [4.78, 5) is 0.256. The van der Waals surface area contributed by atoms with Crippen molar-refractivity contribution in [3.05, 3.63) is 54.3 Å². The highest BCUT2D eigenvalue weighted by atomic mass is 32.2. The number of piperidine rings is 1. The van der Waals surface area contributed by atoms with Crippen LogP contribution in [0.1, 0.15) is 33.1 Å². The predicted molar refractivity (Wildman–Crippen MR) is 114 cm³/mol. The first-order valence-electron chi connectivity index (χ1n) is 9.25. The monoisotopic (exact) mass is 421 g/mol. The maximum Gasteiger partial charge on any atom is 0.243 e. The van der Waals surface area contributed by atoms with Crippen molar-refractivity contribution in [2.24, 2.45) is 0 Å². The van der Waals surface area contributed by atoms with E-state index in [2.05, 4.69) is 10.6 Å². The molecule has 1 saturated heterocycles. The minimum Gasteiger partial charge on any atom is -0.332 e. The molecule has 5 nitrogen and oxygen atoms in total. The number of benzene rings is 2. The van der Waals surface area contributed by atoms with E-state index in [9.17, 15) is 12.8 Å². The van der Waals surface area contributed by atoms with Crippen molar-refractivity contribution in [1.29, 1.82) is 0 Å². The molecule has 0 saturated carbocycles. The fraction of sp³-hybridized carbons (Fsp3) is 0.350. The number of hydrogen-bond acceptors (Lipinski definition) is 3. The van der Waals surface area contributed by atoms with Gasteiger partial charge in [-0.2, -0.15) is 4.31 Å². The Labute approximate surface area is 171 Å². The van der Waals surface area contributed by atoms with Gasteiger partial charge in [0.05, 0.1) is 10.6 Å². The molecule has 1 aliphatic heterocycles. The third-order valence-corrected chi connectivity index (χ3v) is 7.27. The van der Waals surface area contributed by atoms with Crippen LogP contribution < -0.4 is 10.6 Å². The lowest BCUT2D eigenvalue weighted by Crippen LogP contribution is -2.47. The molecule has 3 rings (SSSR count). The van der Waals surface area contributed by atoms with Gasteiger partial charge in [0.25, 0.3) is 0 Å². The molecule has 2 atom stereocenters. The average molecular weight is 422 g/mol. The quantitative estimate of drug-likeness (QED) is 0.708. The fourth-order valence-electron chi connectivity index (χ4n) is 3.55. The highest BCUT2D eigenvalue weighted by molar-refractivity contribution is 7.89. The van der Waals surface area contributed by atoms with Crippen LogP contribution in [0.25, 0.3) is 0 Å². The van der Waals surface area contributed by atoms with Crippen molar-refractivity contribution >= 4 is 38.7 Å². The third kappa shape index (κ3) is 4.51. The average Bonchev–Trinajstić information content (AvgIpc) is 2.64. The number of nitrogens with zero attached hydrogens (tertiary/aromatic N) is 1. The van der Waals surface area contributed by atoms with Crippen LogP contribution in [0.2, 0.25) is 0 Å². The van der Waals surface area contributed by atoms with E-state index in [1.807, 2.05) is 13.8 Å². The van der Waals surface area contributed by atoms with Gasteiger partial charge in [0, 0.05) is 17.8 Å². The number of sulfonamides is 1. The number of thiocarbonyl (C=S) groups is 1. The van der Waals surface area contributed by atoms with E-state index in [0.29, 0.717) is 5.69 Å². The summed E-state index contributed by atoms with van der Waals surface area (Å²) in [6, 6.07) is 12.6. The summed E-state index contributed by atoms with van der Waals surface area (Å²) < 4.78 is 41.4. The summed E-state index contributed by atoms with van der Waals surface area (Å²) in [7, 11) is -3.55. The predicted octanol–water partition coefficient (Wildman–Crippen LogP) is 4.59. The minimum absolute atomic E-state index is 0.0101. The largest absolute Gasteiger partial charge is 0.332 e. The molecule has 2 aromatic carbocycles. The van der Waals surface area contributed by atoms with Gasteiger partial charge in [-0.15, -0.1) is 0 Å². The molecule has 1 fully saturated rings. The van der Waals surface area contributed by atoms with E-state index in [0.717, 1.165) is 19.3 Å². The van der Waals surface area contributed by atoms with Gasteiger partial charge in [-0.05, 0) is 75.3 Å². The normalized spacial score (nSPS) is 20.5. The van der Waals surface area contributed by atoms with Crippen molar-refractivity contribution in [3.8, 4) is 0 Å².